The number of benzene rings is 1. The van der Waals surface area contributed by atoms with Crippen molar-refractivity contribution in [3.8, 4) is 0 Å². The molecule has 0 saturated carbocycles. The number of aryl methyl sites for hydroxylation is 1. The van der Waals surface area contributed by atoms with Crippen molar-refractivity contribution in [1.29, 1.82) is 0 Å². The maximum absolute atomic E-state index is 12.2. The standard InChI is InChI=1S/C16H19N3O2/c1-3-12-14(16(20)21-4-2)15-17-13(10-19(15)18-12)11-8-6-5-7-9-11/h5-9,13,17H,3-4,10H2,1-2H3/t13-/m1/s1. The molecule has 1 N–H and O–H groups in total. The lowest BCUT2D eigenvalue weighted by Crippen LogP contribution is -2.12. The van der Waals surface area contributed by atoms with Crippen LogP contribution in [0.4, 0.5) is 5.82 Å². The maximum atomic E-state index is 12.2. The minimum Gasteiger partial charge on any atom is -0.462 e. The summed E-state index contributed by atoms with van der Waals surface area (Å²) in [4.78, 5) is 12.2. The Hall–Kier alpha value is -2.30. The fraction of sp³-hybridized carbons (Fsp3) is 0.375. The number of fused-ring (bicyclic) bond motifs is 1. The molecule has 1 aromatic carbocycles. The molecule has 5 heteroatoms. The van der Waals surface area contributed by atoms with E-state index in [0.717, 1.165) is 18.1 Å². The molecule has 0 saturated heterocycles. The summed E-state index contributed by atoms with van der Waals surface area (Å²) >= 11 is 0. The van der Waals surface area contributed by atoms with Gasteiger partial charge in [-0.25, -0.2) is 9.48 Å². The van der Waals surface area contributed by atoms with Gasteiger partial charge >= 0.3 is 5.97 Å². The van der Waals surface area contributed by atoms with Crippen LogP contribution in [0.5, 0.6) is 0 Å². The third-order valence-corrected chi connectivity index (χ3v) is 3.71. The van der Waals surface area contributed by atoms with Gasteiger partial charge in [-0.05, 0) is 18.9 Å². The minimum absolute atomic E-state index is 0.146. The highest BCUT2D eigenvalue weighted by Crippen LogP contribution is 2.33. The van der Waals surface area contributed by atoms with E-state index in [1.54, 1.807) is 0 Å². The summed E-state index contributed by atoms with van der Waals surface area (Å²) < 4.78 is 7.04. The fourth-order valence-corrected chi connectivity index (χ4v) is 2.71. The second kappa shape index (κ2) is 5.60. The summed E-state index contributed by atoms with van der Waals surface area (Å²) in [6.07, 6.45) is 0.714. The lowest BCUT2D eigenvalue weighted by atomic mass is 10.1. The molecular weight excluding hydrogens is 266 g/mol. The number of nitrogens with one attached hydrogen (secondary N) is 1. The van der Waals surface area contributed by atoms with E-state index in [2.05, 4.69) is 22.5 Å². The van der Waals surface area contributed by atoms with Crippen LogP contribution in [-0.2, 0) is 17.7 Å². The monoisotopic (exact) mass is 285 g/mol. The van der Waals surface area contributed by atoms with E-state index in [-0.39, 0.29) is 12.0 Å². The SMILES string of the molecule is CCOC(=O)c1c(CC)nn2c1N[C@@H](c1ccccc1)C2. The molecule has 1 aliphatic heterocycles. The molecule has 0 aliphatic carbocycles. The molecule has 0 bridgehead atoms. The Balaban J connectivity index is 1.92. The van der Waals surface area contributed by atoms with Crippen molar-refractivity contribution in [2.75, 3.05) is 11.9 Å². The van der Waals surface area contributed by atoms with Gasteiger partial charge in [-0.2, -0.15) is 5.10 Å². The van der Waals surface area contributed by atoms with E-state index < -0.39 is 0 Å². The van der Waals surface area contributed by atoms with Crippen molar-refractivity contribution < 1.29 is 9.53 Å². The average Bonchev–Trinajstić information content (AvgIpc) is 3.05. The van der Waals surface area contributed by atoms with Gasteiger partial charge in [0, 0.05) is 0 Å². The van der Waals surface area contributed by atoms with Crippen LogP contribution in [0.15, 0.2) is 30.3 Å². The summed E-state index contributed by atoms with van der Waals surface area (Å²) in [6.45, 7) is 4.91. The molecule has 1 aliphatic rings. The molecule has 110 valence electrons. The number of hydrogen-bond donors (Lipinski definition) is 1. The third-order valence-electron chi connectivity index (χ3n) is 3.71. The summed E-state index contributed by atoms with van der Waals surface area (Å²) in [5.41, 5.74) is 2.57. The van der Waals surface area contributed by atoms with E-state index in [9.17, 15) is 4.79 Å². The van der Waals surface area contributed by atoms with Gasteiger partial charge in [-0.1, -0.05) is 37.3 Å². The van der Waals surface area contributed by atoms with E-state index in [1.807, 2.05) is 36.7 Å². The first-order valence-corrected chi connectivity index (χ1v) is 7.32. The summed E-state index contributed by atoms with van der Waals surface area (Å²) in [5, 5.41) is 7.95. The zero-order chi connectivity index (χ0) is 14.8. The maximum Gasteiger partial charge on any atom is 0.343 e. The Morgan fingerprint density at radius 3 is 2.81 bits per heavy atom. The molecule has 1 atom stereocenters. The number of anilines is 1. The van der Waals surface area contributed by atoms with E-state index in [0.29, 0.717) is 18.6 Å². The number of hydrogen-bond acceptors (Lipinski definition) is 4. The zero-order valence-electron chi connectivity index (χ0n) is 12.3. The van der Waals surface area contributed by atoms with Gasteiger partial charge in [0.25, 0.3) is 0 Å². The minimum atomic E-state index is -0.295. The molecule has 2 aromatic rings. The van der Waals surface area contributed by atoms with E-state index in [4.69, 9.17) is 4.74 Å². The van der Waals surface area contributed by atoms with Crippen LogP contribution < -0.4 is 5.32 Å². The van der Waals surface area contributed by atoms with Gasteiger partial charge in [0.15, 0.2) is 0 Å². The molecule has 5 nitrogen and oxygen atoms in total. The van der Waals surface area contributed by atoms with Crippen LogP contribution in [0.3, 0.4) is 0 Å². The van der Waals surface area contributed by atoms with Gasteiger partial charge in [0.05, 0.1) is 24.9 Å². The quantitative estimate of drug-likeness (QED) is 0.878. The van der Waals surface area contributed by atoms with Crippen LogP contribution in [-0.4, -0.2) is 22.4 Å². The van der Waals surface area contributed by atoms with Crippen molar-refractivity contribution >= 4 is 11.8 Å². The molecule has 1 aromatic heterocycles. The lowest BCUT2D eigenvalue weighted by molar-refractivity contribution is 0.0526. The van der Waals surface area contributed by atoms with Gasteiger partial charge in [-0.15, -0.1) is 0 Å². The molecule has 21 heavy (non-hydrogen) atoms. The molecular formula is C16H19N3O2. The average molecular weight is 285 g/mol. The van der Waals surface area contributed by atoms with Crippen molar-refractivity contribution in [2.24, 2.45) is 0 Å². The molecule has 3 rings (SSSR count). The van der Waals surface area contributed by atoms with Crippen LogP contribution in [0.25, 0.3) is 0 Å². The van der Waals surface area contributed by atoms with E-state index in [1.165, 1.54) is 5.56 Å². The van der Waals surface area contributed by atoms with Crippen molar-refractivity contribution in [1.82, 2.24) is 9.78 Å². The Morgan fingerprint density at radius 2 is 2.14 bits per heavy atom. The second-order valence-electron chi connectivity index (χ2n) is 5.03. The van der Waals surface area contributed by atoms with Crippen molar-refractivity contribution in [2.45, 2.75) is 32.9 Å². The summed E-state index contributed by atoms with van der Waals surface area (Å²) in [7, 11) is 0. The first-order valence-electron chi connectivity index (χ1n) is 7.32. The highest BCUT2D eigenvalue weighted by molar-refractivity contribution is 5.96. The molecule has 2 heterocycles. The van der Waals surface area contributed by atoms with Gasteiger partial charge in [0.2, 0.25) is 0 Å². The molecule has 0 spiro atoms. The number of ether oxygens (including phenoxy) is 1. The zero-order valence-corrected chi connectivity index (χ0v) is 12.3. The number of carbonyl (C=O) groups is 1. The van der Waals surface area contributed by atoms with Crippen LogP contribution in [0, 0.1) is 0 Å². The smallest absolute Gasteiger partial charge is 0.343 e. The first-order chi connectivity index (χ1) is 10.2. The Kier molecular flexibility index (Phi) is 3.64. The molecule has 0 unspecified atom stereocenters. The highest BCUT2D eigenvalue weighted by atomic mass is 16.5. The number of esters is 1. The van der Waals surface area contributed by atoms with Gasteiger partial charge < -0.3 is 10.1 Å². The number of aromatic nitrogens is 2. The Labute approximate surface area is 123 Å². The molecule has 0 amide bonds. The predicted octanol–water partition coefficient (Wildman–Crippen LogP) is 2.79. The van der Waals surface area contributed by atoms with Gasteiger partial charge in [0.1, 0.15) is 11.4 Å². The molecule has 0 radical (unpaired) electrons. The van der Waals surface area contributed by atoms with Crippen LogP contribution >= 0.6 is 0 Å². The van der Waals surface area contributed by atoms with Crippen LogP contribution in [0.2, 0.25) is 0 Å². The lowest BCUT2D eigenvalue weighted by Gasteiger charge is -2.11. The normalized spacial score (nSPS) is 16.4. The van der Waals surface area contributed by atoms with Crippen LogP contribution in [0.1, 0.15) is 41.5 Å². The van der Waals surface area contributed by atoms with Crippen molar-refractivity contribution in [3.63, 3.8) is 0 Å². The summed E-state index contributed by atoms with van der Waals surface area (Å²) in [6, 6.07) is 10.3. The van der Waals surface area contributed by atoms with Gasteiger partial charge in [-0.3, -0.25) is 0 Å². The number of rotatable bonds is 4. The first kappa shape index (κ1) is 13.7. The third kappa shape index (κ3) is 2.39. The number of nitrogens with zero attached hydrogens (tertiary/aromatic N) is 2. The summed E-state index contributed by atoms with van der Waals surface area (Å²) in [5.74, 6) is 0.482. The Bertz CT molecular complexity index is 649. The highest BCUT2D eigenvalue weighted by Gasteiger charge is 2.31. The second-order valence-corrected chi connectivity index (χ2v) is 5.03. The largest absolute Gasteiger partial charge is 0.462 e. The topological polar surface area (TPSA) is 56.1 Å². The van der Waals surface area contributed by atoms with Crippen molar-refractivity contribution in [3.05, 3.63) is 47.2 Å². The van der Waals surface area contributed by atoms with E-state index >= 15 is 0 Å². The molecule has 0 fully saturated rings. The number of carbonyl (C=O) groups excluding carboxylic acids is 1. The Morgan fingerprint density at radius 1 is 1.38 bits per heavy atom. The predicted molar refractivity (Wildman–Crippen MR) is 80.4 cm³/mol. The fourth-order valence-electron chi connectivity index (χ4n) is 2.71.